The van der Waals surface area contributed by atoms with E-state index in [-0.39, 0.29) is 0 Å². The molecule has 2 aliphatic rings. The number of aromatic nitrogens is 1. The minimum Gasteiger partial charge on any atom is -0.339 e. The summed E-state index contributed by atoms with van der Waals surface area (Å²) in [5, 5.41) is 0.720. The Morgan fingerprint density at radius 3 is 2.39 bits per heavy atom. The Kier molecular flexibility index (Phi) is 5.98. The fourth-order valence-electron chi connectivity index (χ4n) is 4.73. The molecule has 0 radical (unpaired) electrons. The first-order valence-electron chi connectivity index (χ1n) is 10.3. The average Bonchev–Trinajstić information content (AvgIpc) is 2.75. The van der Waals surface area contributed by atoms with Crippen molar-refractivity contribution in [2.45, 2.75) is 44.1 Å². The number of nitrogens with zero attached hydrogens (tertiary/aromatic N) is 3. The van der Waals surface area contributed by atoms with Crippen LogP contribution in [0, 0.1) is 0 Å². The summed E-state index contributed by atoms with van der Waals surface area (Å²) in [6.45, 7) is 4.35. The van der Waals surface area contributed by atoms with Gasteiger partial charge in [0.05, 0.1) is 5.41 Å². The monoisotopic (exact) mass is 397 g/mol. The molecule has 2 heterocycles. The highest BCUT2D eigenvalue weighted by atomic mass is 35.5. The molecule has 1 aromatic heterocycles. The summed E-state index contributed by atoms with van der Waals surface area (Å²) in [4.78, 5) is 22.3. The maximum absolute atomic E-state index is 13.7. The van der Waals surface area contributed by atoms with Crippen molar-refractivity contribution in [1.29, 1.82) is 0 Å². The van der Waals surface area contributed by atoms with Crippen molar-refractivity contribution in [1.82, 2.24) is 14.8 Å². The Morgan fingerprint density at radius 2 is 1.71 bits per heavy atom. The lowest BCUT2D eigenvalue weighted by atomic mass is 9.68. The second-order valence-corrected chi connectivity index (χ2v) is 8.51. The van der Waals surface area contributed by atoms with Gasteiger partial charge in [0, 0.05) is 50.1 Å². The molecule has 0 N–H and O–H groups in total. The number of halogens is 1. The molecule has 1 aliphatic heterocycles. The molecule has 1 aliphatic carbocycles. The molecule has 4 nitrogen and oxygen atoms in total. The molecule has 28 heavy (non-hydrogen) atoms. The van der Waals surface area contributed by atoms with Crippen LogP contribution in [-0.2, 0) is 16.8 Å². The summed E-state index contributed by atoms with van der Waals surface area (Å²) < 4.78 is 0. The molecule has 1 aromatic carbocycles. The van der Waals surface area contributed by atoms with Gasteiger partial charge in [-0.3, -0.25) is 14.7 Å². The highest BCUT2D eigenvalue weighted by Crippen LogP contribution is 2.42. The second-order valence-electron chi connectivity index (χ2n) is 8.08. The van der Waals surface area contributed by atoms with Crippen LogP contribution < -0.4 is 0 Å². The van der Waals surface area contributed by atoms with Crippen molar-refractivity contribution in [3.8, 4) is 0 Å². The van der Waals surface area contributed by atoms with Crippen LogP contribution in [0.4, 0.5) is 0 Å². The van der Waals surface area contributed by atoms with Crippen molar-refractivity contribution in [3.63, 3.8) is 0 Å². The minimum absolute atomic E-state index is 0.304. The number of carbonyl (C=O) groups excluding carboxylic acids is 1. The predicted octanol–water partition coefficient (Wildman–Crippen LogP) is 4.28. The van der Waals surface area contributed by atoms with Crippen molar-refractivity contribution in [2.24, 2.45) is 0 Å². The Morgan fingerprint density at radius 1 is 1.00 bits per heavy atom. The second kappa shape index (κ2) is 8.62. The van der Waals surface area contributed by atoms with E-state index in [0.29, 0.717) is 5.91 Å². The zero-order valence-electron chi connectivity index (χ0n) is 16.3. The maximum Gasteiger partial charge on any atom is 0.233 e. The number of hydrogen-bond donors (Lipinski definition) is 0. The molecule has 0 spiro atoms. The zero-order chi connectivity index (χ0) is 19.4. The molecule has 148 valence electrons. The Balaban J connectivity index is 1.46. The zero-order valence-corrected chi connectivity index (χ0v) is 17.1. The topological polar surface area (TPSA) is 36.4 Å². The third-order valence-corrected chi connectivity index (χ3v) is 6.54. The molecule has 5 heteroatoms. The molecule has 0 atom stereocenters. The third kappa shape index (κ3) is 4.08. The van der Waals surface area contributed by atoms with Gasteiger partial charge in [-0.1, -0.05) is 43.0 Å². The smallest absolute Gasteiger partial charge is 0.233 e. The quantitative estimate of drug-likeness (QED) is 0.772. The third-order valence-electron chi connectivity index (χ3n) is 6.31. The number of benzene rings is 1. The van der Waals surface area contributed by atoms with Crippen LogP contribution in [0.25, 0.3) is 0 Å². The lowest BCUT2D eigenvalue weighted by Crippen LogP contribution is -2.54. The summed E-state index contributed by atoms with van der Waals surface area (Å²) in [7, 11) is 0. The molecule has 2 fully saturated rings. The van der Waals surface area contributed by atoms with Gasteiger partial charge in [-0.2, -0.15) is 0 Å². The van der Waals surface area contributed by atoms with Crippen molar-refractivity contribution >= 4 is 17.5 Å². The molecule has 2 aromatic rings. The fourth-order valence-corrected chi connectivity index (χ4v) is 4.92. The van der Waals surface area contributed by atoms with Crippen molar-refractivity contribution in [2.75, 3.05) is 26.2 Å². The van der Waals surface area contributed by atoms with Crippen LogP contribution in [0.1, 0.15) is 43.2 Å². The van der Waals surface area contributed by atoms with E-state index in [1.807, 2.05) is 30.6 Å². The van der Waals surface area contributed by atoms with E-state index in [4.69, 9.17) is 11.6 Å². The summed E-state index contributed by atoms with van der Waals surface area (Å²) in [6.07, 6.45) is 8.99. The fraction of sp³-hybridized carbons (Fsp3) is 0.478. The van der Waals surface area contributed by atoms with E-state index < -0.39 is 5.41 Å². The summed E-state index contributed by atoms with van der Waals surface area (Å²) in [6, 6.07) is 12.1. The van der Waals surface area contributed by atoms with Gasteiger partial charge >= 0.3 is 0 Å². The first-order chi connectivity index (χ1) is 13.7. The average molecular weight is 398 g/mol. The summed E-state index contributed by atoms with van der Waals surface area (Å²) in [5.74, 6) is 0.304. The maximum atomic E-state index is 13.7. The highest BCUT2D eigenvalue weighted by molar-refractivity contribution is 6.30. The van der Waals surface area contributed by atoms with Gasteiger partial charge in [-0.05, 0) is 48.2 Å². The molecule has 1 saturated heterocycles. The molecule has 1 saturated carbocycles. The van der Waals surface area contributed by atoms with Crippen LogP contribution in [0.2, 0.25) is 5.02 Å². The minimum atomic E-state index is -0.392. The van der Waals surface area contributed by atoms with Gasteiger partial charge in [-0.25, -0.2) is 0 Å². The lowest BCUT2D eigenvalue weighted by Gasteiger charge is -2.43. The number of rotatable bonds is 4. The van der Waals surface area contributed by atoms with E-state index in [9.17, 15) is 4.79 Å². The van der Waals surface area contributed by atoms with E-state index in [2.05, 4.69) is 33.0 Å². The molecule has 1 amide bonds. The van der Waals surface area contributed by atoms with Gasteiger partial charge in [0.2, 0.25) is 5.91 Å². The molecule has 0 bridgehead atoms. The highest BCUT2D eigenvalue weighted by Gasteiger charge is 2.44. The number of pyridine rings is 1. The lowest BCUT2D eigenvalue weighted by molar-refractivity contribution is -0.140. The van der Waals surface area contributed by atoms with Gasteiger partial charge in [-0.15, -0.1) is 0 Å². The Labute approximate surface area is 172 Å². The Hall–Kier alpha value is -1.91. The molecule has 0 unspecified atom stereocenters. The number of carbonyl (C=O) groups is 1. The van der Waals surface area contributed by atoms with Crippen LogP contribution in [-0.4, -0.2) is 46.9 Å². The number of hydrogen-bond acceptors (Lipinski definition) is 3. The summed E-state index contributed by atoms with van der Waals surface area (Å²) in [5.41, 5.74) is 1.98. The number of piperazine rings is 1. The SMILES string of the molecule is O=C(N1CCN(Cc2ccncc2)CC1)C1(c2cccc(Cl)c2)CCCCC1. The van der Waals surface area contributed by atoms with Crippen LogP contribution in [0.15, 0.2) is 48.8 Å². The van der Waals surface area contributed by atoms with Gasteiger partial charge in [0.25, 0.3) is 0 Å². The first-order valence-corrected chi connectivity index (χ1v) is 10.7. The van der Waals surface area contributed by atoms with Crippen LogP contribution >= 0.6 is 11.6 Å². The number of amides is 1. The van der Waals surface area contributed by atoms with Crippen LogP contribution in [0.3, 0.4) is 0 Å². The van der Waals surface area contributed by atoms with E-state index in [1.54, 1.807) is 0 Å². The van der Waals surface area contributed by atoms with E-state index in [1.165, 1.54) is 12.0 Å². The Bertz CT molecular complexity index is 797. The van der Waals surface area contributed by atoms with Gasteiger partial charge < -0.3 is 4.90 Å². The predicted molar refractivity (Wildman–Crippen MR) is 112 cm³/mol. The molecular formula is C23H28ClN3O. The van der Waals surface area contributed by atoms with E-state index in [0.717, 1.165) is 69.0 Å². The van der Waals surface area contributed by atoms with Gasteiger partial charge in [0.1, 0.15) is 0 Å². The molecular weight excluding hydrogens is 370 g/mol. The van der Waals surface area contributed by atoms with Gasteiger partial charge in [0.15, 0.2) is 0 Å². The van der Waals surface area contributed by atoms with Crippen molar-refractivity contribution < 1.29 is 4.79 Å². The molecule has 4 rings (SSSR count). The first kappa shape index (κ1) is 19.4. The van der Waals surface area contributed by atoms with Crippen LogP contribution in [0.5, 0.6) is 0 Å². The largest absolute Gasteiger partial charge is 0.339 e. The van der Waals surface area contributed by atoms with Crippen molar-refractivity contribution in [3.05, 3.63) is 64.9 Å². The summed E-state index contributed by atoms with van der Waals surface area (Å²) >= 11 is 6.28. The normalized spacial score (nSPS) is 20.1. The van der Waals surface area contributed by atoms with E-state index >= 15 is 0 Å². The standard InChI is InChI=1S/C23H28ClN3O/c24-21-6-4-5-20(17-21)23(9-2-1-3-10-23)22(28)27-15-13-26(14-16-27)18-19-7-11-25-12-8-19/h4-8,11-12,17H,1-3,9-10,13-16,18H2.